The lowest BCUT2D eigenvalue weighted by Gasteiger charge is -2.31. The fraction of sp³-hybridized carbons (Fsp3) is 0.938. The van der Waals surface area contributed by atoms with Gasteiger partial charge in [0, 0.05) is 26.2 Å². The smallest absolute Gasteiger partial charge is 0.190 e. The summed E-state index contributed by atoms with van der Waals surface area (Å²) in [5.41, 5.74) is 0. The molecule has 4 heteroatoms. The average molecular weight is 280 g/mol. The van der Waals surface area contributed by atoms with Crippen LogP contribution in [0.5, 0.6) is 0 Å². The number of rotatable bonds is 7. The van der Waals surface area contributed by atoms with Crippen molar-refractivity contribution in [3.8, 4) is 0 Å². The van der Waals surface area contributed by atoms with Crippen LogP contribution in [0.4, 0.5) is 0 Å². The highest BCUT2D eigenvalue weighted by molar-refractivity contribution is 5.79. The third-order valence-corrected chi connectivity index (χ3v) is 4.66. The van der Waals surface area contributed by atoms with Crippen LogP contribution in [0.25, 0.3) is 0 Å². The van der Waals surface area contributed by atoms with Crippen molar-refractivity contribution in [2.24, 2.45) is 10.9 Å². The molecule has 0 heterocycles. The van der Waals surface area contributed by atoms with Crippen LogP contribution in [0.15, 0.2) is 4.99 Å². The van der Waals surface area contributed by atoms with E-state index in [1.165, 1.54) is 57.9 Å². The van der Waals surface area contributed by atoms with Gasteiger partial charge >= 0.3 is 0 Å². The summed E-state index contributed by atoms with van der Waals surface area (Å²) < 4.78 is 0. The predicted octanol–water partition coefficient (Wildman–Crippen LogP) is 2.22. The van der Waals surface area contributed by atoms with Crippen molar-refractivity contribution in [2.75, 3.05) is 33.7 Å². The number of nitrogens with one attached hydrogen (secondary N) is 2. The third kappa shape index (κ3) is 5.70. The minimum atomic E-state index is 0.830. The van der Waals surface area contributed by atoms with Crippen LogP contribution in [-0.4, -0.2) is 50.6 Å². The van der Waals surface area contributed by atoms with Gasteiger partial charge in [0.15, 0.2) is 5.96 Å². The molecule has 0 amide bonds. The van der Waals surface area contributed by atoms with E-state index in [0.29, 0.717) is 0 Å². The molecular weight excluding hydrogens is 248 g/mol. The van der Waals surface area contributed by atoms with Gasteiger partial charge in [0.25, 0.3) is 0 Å². The summed E-state index contributed by atoms with van der Waals surface area (Å²) >= 11 is 0. The van der Waals surface area contributed by atoms with Crippen molar-refractivity contribution in [1.29, 1.82) is 0 Å². The fourth-order valence-electron chi connectivity index (χ4n) is 3.02. The number of nitrogens with zero attached hydrogens (tertiary/aromatic N) is 2. The minimum Gasteiger partial charge on any atom is -0.356 e. The van der Waals surface area contributed by atoms with Crippen LogP contribution in [0, 0.1) is 5.92 Å². The van der Waals surface area contributed by atoms with Crippen molar-refractivity contribution in [3.63, 3.8) is 0 Å². The van der Waals surface area contributed by atoms with Crippen molar-refractivity contribution in [3.05, 3.63) is 0 Å². The Morgan fingerprint density at radius 3 is 2.50 bits per heavy atom. The Kier molecular flexibility index (Phi) is 6.64. The quantitative estimate of drug-likeness (QED) is 0.427. The minimum absolute atomic E-state index is 0.830. The molecular formula is C16H32N4. The second kappa shape index (κ2) is 8.50. The summed E-state index contributed by atoms with van der Waals surface area (Å²) in [6.45, 7) is 3.29. The first kappa shape index (κ1) is 15.6. The molecule has 2 aliphatic carbocycles. The van der Waals surface area contributed by atoms with E-state index in [2.05, 4.69) is 27.6 Å². The Hall–Kier alpha value is -0.770. The molecule has 0 saturated heterocycles. The maximum absolute atomic E-state index is 4.28. The Balaban J connectivity index is 1.52. The van der Waals surface area contributed by atoms with E-state index in [-0.39, 0.29) is 0 Å². The summed E-state index contributed by atoms with van der Waals surface area (Å²) in [6, 6.07) is 0.830. The molecule has 0 atom stereocenters. The van der Waals surface area contributed by atoms with Gasteiger partial charge in [0.1, 0.15) is 0 Å². The first-order valence-electron chi connectivity index (χ1n) is 8.44. The van der Waals surface area contributed by atoms with E-state index in [4.69, 9.17) is 0 Å². The zero-order valence-electron chi connectivity index (χ0n) is 13.3. The van der Waals surface area contributed by atoms with E-state index in [9.17, 15) is 0 Å². The second-order valence-electron chi connectivity index (χ2n) is 6.45. The van der Waals surface area contributed by atoms with Gasteiger partial charge in [0.2, 0.25) is 0 Å². The molecule has 2 rings (SSSR count). The van der Waals surface area contributed by atoms with Gasteiger partial charge in [-0.05, 0) is 51.6 Å². The summed E-state index contributed by atoms with van der Waals surface area (Å²) in [6.07, 6.45) is 11.0. The molecule has 0 aromatic rings. The van der Waals surface area contributed by atoms with Crippen LogP contribution in [-0.2, 0) is 0 Å². The molecule has 2 aliphatic rings. The lowest BCUT2D eigenvalue weighted by atomic mass is 9.94. The first-order chi connectivity index (χ1) is 9.79. The summed E-state index contributed by atoms with van der Waals surface area (Å²) in [7, 11) is 4.15. The van der Waals surface area contributed by atoms with Gasteiger partial charge in [-0.25, -0.2) is 0 Å². The highest BCUT2D eigenvalue weighted by atomic mass is 15.2. The molecule has 0 bridgehead atoms. The molecule has 0 aromatic heterocycles. The van der Waals surface area contributed by atoms with Crippen molar-refractivity contribution in [1.82, 2.24) is 15.5 Å². The summed E-state index contributed by atoms with van der Waals surface area (Å²) in [4.78, 5) is 6.83. The third-order valence-electron chi connectivity index (χ3n) is 4.66. The average Bonchev–Trinajstić information content (AvgIpc) is 3.31. The van der Waals surface area contributed by atoms with Crippen LogP contribution < -0.4 is 10.6 Å². The molecule has 2 saturated carbocycles. The summed E-state index contributed by atoms with van der Waals surface area (Å²) in [5, 5.41) is 6.83. The van der Waals surface area contributed by atoms with E-state index in [1.807, 2.05) is 7.05 Å². The van der Waals surface area contributed by atoms with E-state index in [1.54, 1.807) is 0 Å². The van der Waals surface area contributed by atoms with Crippen molar-refractivity contribution in [2.45, 2.75) is 57.4 Å². The van der Waals surface area contributed by atoms with Crippen LogP contribution in [0.3, 0.4) is 0 Å². The highest BCUT2D eigenvalue weighted by Crippen LogP contribution is 2.27. The van der Waals surface area contributed by atoms with Gasteiger partial charge in [0.05, 0.1) is 0 Å². The van der Waals surface area contributed by atoms with Crippen molar-refractivity contribution >= 4 is 5.96 Å². The normalized spacial score (nSPS) is 21.2. The lowest BCUT2D eigenvalue weighted by molar-refractivity contribution is 0.190. The van der Waals surface area contributed by atoms with Gasteiger partial charge in [-0.1, -0.05) is 19.3 Å². The van der Waals surface area contributed by atoms with Crippen molar-refractivity contribution < 1.29 is 0 Å². The topological polar surface area (TPSA) is 39.7 Å². The molecule has 0 radical (unpaired) electrons. The zero-order chi connectivity index (χ0) is 14.2. The molecule has 0 spiro atoms. The molecule has 20 heavy (non-hydrogen) atoms. The summed E-state index contributed by atoms with van der Waals surface area (Å²) in [5.74, 6) is 1.86. The maximum Gasteiger partial charge on any atom is 0.190 e. The van der Waals surface area contributed by atoms with Gasteiger partial charge < -0.3 is 15.5 Å². The van der Waals surface area contributed by atoms with Crippen LogP contribution in [0.2, 0.25) is 0 Å². The molecule has 116 valence electrons. The number of hydrogen-bond donors (Lipinski definition) is 2. The fourth-order valence-corrected chi connectivity index (χ4v) is 3.02. The monoisotopic (exact) mass is 280 g/mol. The standard InChI is InChI=1S/C16H32N4/c1-17-16(19-13-14-9-10-14)18-11-6-12-20(2)15-7-4-3-5-8-15/h14-15H,3-13H2,1-2H3,(H2,17,18,19). The van der Waals surface area contributed by atoms with E-state index < -0.39 is 0 Å². The van der Waals surface area contributed by atoms with Gasteiger partial charge in [-0.2, -0.15) is 0 Å². The molecule has 0 aliphatic heterocycles. The van der Waals surface area contributed by atoms with Gasteiger partial charge in [-0.3, -0.25) is 4.99 Å². The van der Waals surface area contributed by atoms with Gasteiger partial charge in [-0.15, -0.1) is 0 Å². The molecule has 4 nitrogen and oxygen atoms in total. The lowest BCUT2D eigenvalue weighted by Crippen LogP contribution is -2.40. The number of aliphatic imine (C=N–C) groups is 1. The Bertz CT molecular complexity index is 293. The van der Waals surface area contributed by atoms with E-state index >= 15 is 0 Å². The molecule has 2 N–H and O–H groups in total. The number of guanidine groups is 1. The molecule has 2 fully saturated rings. The molecule has 0 unspecified atom stereocenters. The zero-order valence-corrected chi connectivity index (χ0v) is 13.3. The van der Waals surface area contributed by atoms with E-state index in [0.717, 1.165) is 31.0 Å². The largest absolute Gasteiger partial charge is 0.356 e. The number of hydrogen-bond acceptors (Lipinski definition) is 2. The van der Waals surface area contributed by atoms with Crippen LogP contribution in [0.1, 0.15) is 51.4 Å². The Labute approximate surface area is 124 Å². The predicted molar refractivity (Wildman–Crippen MR) is 86.2 cm³/mol. The van der Waals surface area contributed by atoms with Crippen LogP contribution >= 0.6 is 0 Å². The first-order valence-corrected chi connectivity index (χ1v) is 8.44. The maximum atomic E-state index is 4.28. The highest BCUT2D eigenvalue weighted by Gasteiger charge is 2.21. The second-order valence-corrected chi connectivity index (χ2v) is 6.45. The SMILES string of the molecule is CN=C(NCCCN(C)C1CCCCC1)NCC1CC1. The Morgan fingerprint density at radius 1 is 1.10 bits per heavy atom. The molecule has 0 aromatic carbocycles. The Morgan fingerprint density at radius 2 is 1.85 bits per heavy atom.